The van der Waals surface area contributed by atoms with E-state index in [2.05, 4.69) is 0 Å². The summed E-state index contributed by atoms with van der Waals surface area (Å²) in [6.07, 6.45) is 0. The molecule has 7 heteroatoms. The molecule has 3 rings (SSSR count). The molecular weight excluding hydrogens is 276 g/mol. The molecular formula is C14H17BFNO4. The van der Waals surface area contributed by atoms with Crippen LogP contribution >= 0.6 is 0 Å². The molecule has 1 fully saturated rings. The van der Waals surface area contributed by atoms with Crippen LogP contribution in [-0.2, 0) is 16.4 Å². The SMILES string of the molecule is Cn1c(=O)oc2cc(F)c(B3OC(C)(C)C(C)(C)O3)cc21. The van der Waals surface area contributed by atoms with Gasteiger partial charge in [-0.05, 0) is 33.8 Å². The van der Waals surface area contributed by atoms with Crippen molar-refractivity contribution < 1.29 is 18.1 Å². The van der Waals surface area contributed by atoms with Gasteiger partial charge in [0, 0.05) is 18.6 Å². The van der Waals surface area contributed by atoms with Gasteiger partial charge in [0.25, 0.3) is 0 Å². The number of hydrogen-bond acceptors (Lipinski definition) is 4. The van der Waals surface area contributed by atoms with E-state index in [0.717, 1.165) is 0 Å². The van der Waals surface area contributed by atoms with Crippen molar-refractivity contribution in [3.63, 3.8) is 0 Å². The molecule has 1 aliphatic heterocycles. The molecule has 0 saturated carbocycles. The van der Waals surface area contributed by atoms with Crippen molar-refractivity contribution in [2.75, 3.05) is 0 Å². The van der Waals surface area contributed by atoms with E-state index in [1.165, 1.54) is 16.7 Å². The van der Waals surface area contributed by atoms with Crippen LogP contribution in [0.15, 0.2) is 21.3 Å². The molecule has 0 atom stereocenters. The molecule has 1 saturated heterocycles. The Morgan fingerprint density at radius 1 is 1.14 bits per heavy atom. The molecule has 0 radical (unpaired) electrons. The summed E-state index contributed by atoms with van der Waals surface area (Å²) in [5.74, 6) is -1.05. The van der Waals surface area contributed by atoms with Gasteiger partial charge in [0.15, 0.2) is 5.58 Å². The molecule has 1 aromatic carbocycles. The zero-order valence-corrected chi connectivity index (χ0v) is 12.7. The minimum atomic E-state index is -0.815. The van der Waals surface area contributed by atoms with Crippen molar-refractivity contribution >= 4 is 23.7 Å². The molecule has 21 heavy (non-hydrogen) atoms. The lowest BCUT2D eigenvalue weighted by Gasteiger charge is -2.32. The molecule has 112 valence electrons. The van der Waals surface area contributed by atoms with Gasteiger partial charge in [0.05, 0.1) is 16.7 Å². The van der Waals surface area contributed by atoms with Crippen molar-refractivity contribution in [1.29, 1.82) is 0 Å². The number of rotatable bonds is 1. The molecule has 0 spiro atoms. The van der Waals surface area contributed by atoms with Gasteiger partial charge >= 0.3 is 12.9 Å². The summed E-state index contributed by atoms with van der Waals surface area (Å²) in [5.41, 5.74) is -0.133. The Morgan fingerprint density at radius 2 is 1.71 bits per heavy atom. The Labute approximate surface area is 121 Å². The number of fused-ring (bicyclic) bond motifs is 1. The van der Waals surface area contributed by atoms with E-state index < -0.39 is 29.9 Å². The minimum Gasteiger partial charge on any atom is -0.408 e. The topological polar surface area (TPSA) is 53.6 Å². The van der Waals surface area contributed by atoms with E-state index in [1.807, 2.05) is 27.7 Å². The third-order valence-electron chi connectivity index (χ3n) is 4.42. The number of oxazole rings is 1. The van der Waals surface area contributed by atoms with Gasteiger partial charge in [0.2, 0.25) is 0 Å². The zero-order chi connectivity index (χ0) is 15.6. The Kier molecular flexibility index (Phi) is 2.87. The lowest BCUT2D eigenvalue weighted by atomic mass is 9.78. The average Bonchev–Trinajstić information content (AvgIpc) is 2.73. The van der Waals surface area contributed by atoms with Gasteiger partial charge in [-0.1, -0.05) is 0 Å². The Balaban J connectivity index is 2.12. The third kappa shape index (κ3) is 2.03. The molecule has 2 aromatic rings. The van der Waals surface area contributed by atoms with Crippen LogP contribution in [-0.4, -0.2) is 22.9 Å². The molecule has 1 aliphatic rings. The largest absolute Gasteiger partial charge is 0.497 e. The molecule has 0 unspecified atom stereocenters. The fraction of sp³-hybridized carbons (Fsp3) is 0.500. The van der Waals surface area contributed by atoms with Crippen molar-refractivity contribution in [2.24, 2.45) is 7.05 Å². The number of hydrogen-bond donors (Lipinski definition) is 0. The predicted octanol–water partition coefficient (Wildman–Crippen LogP) is 1.57. The third-order valence-corrected chi connectivity index (χ3v) is 4.42. The summed E-state index contributed by atoms with van der Waals surface area (Å²) >= 11 is 0. The second kappa shape index (κ2) is 4.21. The van der Waals surface area contributed by atoms with Crippen LogP contribution in [0.25, 0.3) is 11.1 Å². The van der Waals surface area contributed by atoms with Crippen molar-refractivity contribution in [3.8, 4) is 0 Å². The number of halogens is 1. The summed E-state index contributed by atoms with van der Waals surface area (Å²) in [6.45, 7) is 7.60. The van der Waals surface area contributed by atoms with Crippen LogP contribution < -0.4 is 11.2 Å². The Morgan fingerprint density at radius 3 is 2.29 bits per heavy atom. The van der Waals surface area contributed by atoms with Gasteiger partial charge in [-0.2, -0.15) is 0 Å². The Hall–Kier alpha value is -1.60. The van der Waals surface area contributed by atoms with E-state index in [4.69, 9.17) is 13.7 Å². The first-order valence-electron chi connectivity index (χ1n) is 6.77. The number of aromatic nitrogens is 1. The molecule has 1 aromatic heterocycles. The quantitative estimate of drug-likeness (QED) is 0.749. The zero-order valence-electron chi connectivity index (χ0n) is 12.7. The normalized spacial score (nSPS) is 20.4. The summed E-state index contributed by atoms with van der Waals surface area (Å²) in [6, 6.07) is 2.73. The first kappa shape index (κ1) is 14.3. The van der Waals surface area contributed by atoms with Gasteiger partial charge in [-0.15, -0.1) is 0 Å². The van der Waals surface area contributed by atoms with Crippen LogP contribution in [0, 0.1) is 5.82 Å². The van der Waals surface area contributed by atoms with Gasteiger partial charge in [-0.3, -0.25) is 4.57 Å². The molecule has 0 N–H and O–H groups in total. The summed E-state index contributed by atoms with van der Waals surface area (Å²) in [4.78, 5) is 11.5. The van der Waals surface area contributed by atoms with E-state index in [0.29, 0.717) is 5.52 Å². The van der Waals surface area contributed by atoms with Crippen molar-refractivity contribution in [1.82, 2.24) is 4.57 Å². The second-order valence-corrected chi connectivity index (χ2v) is 6.36. The average molecular weight is 293 g/mol. The minimum absolute atomic E-state index is 0.209. The number of nitrogens with zero attached hydrogens (tertiary/aromatic N) is 1. The first-order valence-corrected chi connectivity index (χ1v) is 6.77. The van der Waals surface area contributed by atoms with E-state index in [-0.39, 0.29) is 11.0 Å². The second-order valence-electron chi connectivity index (χ2n) is 6.36. The fourth-order valence-corrected chi connectivity index (χ4v) is 2.32. The summed E-state index contributed by atoms with van der Waals surface area (Å²) in [5, 5.41) is 0. The molecule has 5 nitrogen and oxygen atoms in total. The molecule has 2 heterocycles. The summed E-state index contributed by atoms with van der Waals surface area (Å²) < 4.78 is 32.3. The monoisotopic (exact) mass is 293 g/mol. The maximum atomic E-state index is 14.3. The molecule has 0 aliphatic carbocycles. The smallest absolute Gasteiger partial charge is 0.408 e. The van der Waals surface area contributed by atoms with E-state index in [1.54, 1.807) is 7.05 Å². The van der Waals surface area contributed by atoms with Crippen molar-refractivity contribution in [2.45, 2.75) is 38.9 Å². The standard InChI is InChI=1S/C14H17BFNO4/c1-13(2)14(3,4)21-15(20-13)8-6-10-11(7-9(8)16)19-12(18)17(10)5/h6-7H,1-5H3. The van der Waals surface area contributed by atoms with Gasteiger partial charge in [0.1, 0.15) is 5.82 Å². The lowest BCUT2D eigenvalue weighted by Crippen LogP contribution is -2.41. The summed E-state index contributed by atoms with van der Waals surface area (Å²) in [7, 11) is 0.754. The highest BCUT2D eigenvalue weighted by atomic mass is 19.1. The highest BCUT2D eigenvalue weighted by Crippen LogP contribution is 2.36. The maximum absolute atomic E-state index is 14.3. The van der Waals surface area contributed by atoms with Crippen LogP contribution in [0.4, 0.5) is 4.39 Å². The van der Waals surface area contributed by atoms with Crippen molar-refractivity contribution in [3.05, 3.63) is 28.5 Å². The maximum Gasteiger partial charge on any atom is 0.497 e. The highest BCUT2D eigenvalue weighted by molar-refractivity contribution is 6.62. The van der Waals surface area contributed by atoms with Crippen LogP contribution in [0.5, 0.6) is 0 Å². The molecule has 0 bridgehead atoms. The van der Waals surface area contributed by atoms with Crippen LogP contribution in [0.1, 0.15) is 27.7 Å². The van der Waals surface area contributed by atoms with Gasteiger partial charge in [-0.25, -0.2) is 9.18 Å². The van der Waals surface area contributed by atoms with Gasteiger partial charge < -0.3 is 13.7 Å². The van der Waals surface area contributed by atoms with E-state index in [9.17, 15) is 9.18 Å². The number of benzene rings is 1. The number of aryl methyl sites for hydroxylation is 1. The lowest BCUT2D eigenvalue weighted by molar-refractivity contribution is 0.00578. The van der Waals surface area contributed by atoms with Crippen LogP contribution in [0.2, 0.25) is 0 Å². The first-order chi connectivity index (χ1) is 9.62. The van der Waals surface area contributed by atoms with Crippen LogP contribution in [0.3, 0.4) is 0 Å². The Bertz CT molecular complexity index is 761. The highest BCUT2D eigenvalue weighted by Gasteiger charge is 2.52. The molecule has 0 amide bonds. The fourth-order valence-electron chi connectivity index (χ4n) is 2.32. The van der Waals surface area contributed by atoms with E-state index >= 15 is 0 Å². The predicted molar refractivity (Wildman–Crippen MR) is 77.1 cm³/mol.